The minimum Gasteiger partial charge on any atom is -0.329 e. The summed E-state index contributed by atoms with van der Waals surface area (Å²) < 4.78 is 0. The van der Waals surface area contributed by atoms with Gasteiger partial charge in [0.05, 0.1) is 0 Å². The van der Waals surface area contributed by atoms with Crippen LogP contribution in [0.3, 0.4) is 0 Å². The highest BCUT2D eigenvalue weighted by atomic mass is 15.1. The summed E-state index contributed by atoms with van der Waals surface area (Å²) in [6, 6.07) is 0.593. The van der Waals surface area contributed by atoms with E-state index in [1.54, 1.807) is 0 Å². The van der Waals surface area contributed by atoms with Crippen LogP contribution < -0.4 is 5.73 Å². The molecule has 2 nitrogen and oxygen atoms in total. The summed E-state index contributed by atoms with van der Waals surface area (Å²) in [5, 5.41) is 0. The summed E-state index contributed by atoms with van der Waals surface area (Å²) in [5.74, 6) is 0. The molecule has 76 valence electrons. The van der Waals surface area contributed by atoms with Gasteiger partial charge < -0.3 is 10.6 Å². The monoisotopic (exact) mass is 174 g/mol. The molecule has 2 heteroatoms. The number of nitrogens with zero attached hydrogens (tertiary/aromatic N) is 1. The second-order valence-corrected chi connectivity index (χ2v) is 2.75. The lowest BCUT2D eigenvalue weighted by molar-refractivity contribution is 0.245. The maximum atomic E-state index is 5.59. The maximum absolute atomic E-state index is 5.59. The van der Waals surface area contributed by atoms with Gasteiger partial charge in [0.15, 0.2) is 0 Å². The zero-order valence-corrected chi connectivity index (χ0v) is 9.43. The van der Waals surface area contributed by atoms with E-state index in [0.29, 0.717) is 6.04 Å². The van der Waals surface area contributed by atoms with E-state index in [2.05, 4.69) is 25.8 Å². The van der Waals surface area contributed by atoms with Gasteiger partial charge in [-0.05, 0) is 20.0 Å². The van der Waals surface area contributed by atoms with Crippen molar-refractivity contribution < 1.29 is 0 Å². The molecule has 0 aromatic rings. The van der Waals surface area contributed by atoms with Crippen LogP contribution in [0.15, 0.2) is 0 Å². The molecule has 0 aliphatic carbocycles. The third-order valence-corrected chi connectivity index (χ3v) is 2.02. The summed E-state index contributed by atoms with van der Waals surface area (Å²) in [5.41, 5.74) is 5.59. The Morgan fingerprint density at radius 1 is 1.25 bits per heavy atom. The van der Waals surface area contributed by atoms with E-state index < -0.39 is 0 Å². The Hall–Kier alpha value is -0.0800. The van der Waals surface area contributed by atoms with Crippen LogP contribution in [0.5, 0.6) is 0 Å². The molecule has 0 aliphatic rings. The predicted molar refractivity (Wildman–Crippen MR) is 57.4 cm³/mol. The number of rotatable bonds is 5. The molecule has 0 aromatic carbocycles. The SMILES string of the molecule is CC.CCCC(CN)N(C)CC. The first-order valence-corrected chi connectivity index (χ1v) is 5.16. The molecular formula is C10H26N2. The number of hydrogen-bond donors (Lipinski definition) is 1. The van der Waals surface area contributed by atoms with Crippen molar-refractivity contribution in [1.82, 2.24) is 4.90 Å². The lowest BCUT2D eigenvalue weighted by atomic mass is 10.1. The maximum Gasteiger partial charge on any atom is 0.0215 e. The predicted octanol–water partition coefficient (Wildman–Crippen LogP) is 2.09. The molecule has 1 atom stereocenters. The van der Waals surface area contributed by atoms with E-state index in [1.807, 2.05) is 13.8 Å². The molecule has 12 heavy (non-hydrogen) atoms. The molecular weight excluding hydrogens is 148 g/mol. The van der Waals surface area contributed by atoms with Crippen molar-refractivity contribution in [3.05, 3.63) is 0 Å². The van der Waals surface area contributed by atoms with Crippen LogP contribution in [-0.4, -0.2) is 31.1 Å². The summed E-state index contributed by atoms with van der Waals surface area (Å²) in [6.45, 7) is 10.3. The van der Waals surface area contributed by atoms with Crippen molar-refractivity contribution in [3.63, 3.8) is 0 Å². The van der Waals surface area contributed by atoms with Crippen LogP contribution >= 0.6 is 0 Å². The van der Waals surface area contributed by atoms with Crippen LogP contribution in [-0.2, 0) is 0 Å². The molecule has 0 aromatic heterocycles. The van der Waals surface area contributed by atoms with E-state index >= 15 is 0 Å². The Morgan fingerprint density at radius 3 is 2.00 bits per heavy atom. The number of likely N-dealkylation sites (N-methyl/N-ethyl adjacent to an activating group) is 1. The molecule has 0 aliphatic heterocycles. The van der Waals surface area contributed by atoms with E-state index in [1.165, 1.54) is 12.8 Å². The summed E-state index contributed by atoms with van der Waals surface area (Å²) >= 11 is 0. The highest BCUT2D eigenvalue weighted by Gasteiger charge is 2.08. The molecule has 0 saturated carbocycles. The van der Waals surface area contributed by atoms with Gasteiger partial charge >= 0.3 is 0 Å². The minimum atomic E-state index is 0.593. The molecule has 0 rings (SSSR count). The second-order valence-electron chi connectivity index (χ2n) is 2.75. The van der Waals surface area contributed by atoms with Gasteiger partial charge in [0.2, 0.25) is 0 Å². The molecule has 0 spiro atoms. The molecule has 1 unspecified atom stereocenters. The normalized spacial score (nSPS) is 12.2. The fourth-order valence-corrected chi connectivity index (χ4v) is 1.11. The fraction of sp³-hybridized carbons (Fsp3) is 1.00. The Labute approximate surface area is 78.1 Å². The van der Waals surface area contributed by atoms with Crippen molar-refractivity contribution in [2.45, 2.75) is 46.6 Å². The zero-order valence-electron chi connectivity index (χ0n) is 9.43. The third kappa shape index (κ3) is 6.62. The van der Waals surface area contributed by atoms with Gasteiger partial charge in [-0.25, -0.2) is 0 Å². The topological polar surface area (TPSA) is 29.3 Å². The Balaban J connectivity index is 0. The number of hydrogen-bond acceptors (Lipinski definition) is 2. The molecule has 0 fully saturated rings. The van der Waals surface area contributed by atoms with Gasteiger partial charge in [-0.2, -0.15) is 0 Å². The van der Waals surface area contributed by atoms with Crippen LogP contribution in [0.2, 0.25) is 0 Å². The summed E-state index contributed by atoms with van der Waals surface area (Å²) in [6.07, 6.45) is 2.45. The van der Waals surface area contributed by atoms with Crippen LogP contribution in [0.4, 0.5) is 0 Å². The van der Waals surface area contributed by atoms with Crippen molar-refractivity contribution in [1.29, 1.82) is 0 Å². The standard InChI is InChI=1S/C8H20N2.C2H6/c1-4-6-8(7-9)10(3)5-2;1-2/h8H,4-7,9H2,1-3H3;1-2H3. The Morgan fingerprint density at radius 2 is 1.75 bits per heavy atom. The first-order chi connectivity index (χ1) is 5.76. The van der Waals surface area contributed by atoms with Crippen LogP contribution in [0.25, 0.3) is 0 Å². The van der Waals surface area contributed by atoms with Gasteiger partial charge in [0, 0.05) is 12.6 Å². The smallest absolute Gasteiger partial charge is 0.0215 e. The molecule has 0 amide bonds. The van der Waals surface area contributed by atoms with E-state index in [0.717, 1.165) is 13.1 Å². The molecule has 0 heterocycles. The zero-order chi connectivity index (χ0) is 9.98. The average molecular weight is 174 g/mol. The molecule has 2 N–H and O–H groups in total. The fourth-order valence-electron chi connectivity index (χ4n) is 1.11. The quantitative estimate of drug-likeness (QED) is 0.691. The van der Waals surface area contributed by atoms with Gasteiger partial charge in [-0.1, -0.05) is 34.1 Å². The van der Waals surface area contributed by atoms with E-state index in [-0.39, 0.29) is 0 Å². The van der Waals surface area contributed by atoms with Crippen LogP contribution in [0.1, 0.15) is 40.5 Å². The van der Waals surface area contributed by atoms with Gasteiger partial charge in [0.25, 0.3) is 0 Å². The lowest BCUT2D eigenvalue weighted by Crippen LogP contribution is -2.37. The van der Waals surface area contributed by atoms with Gasteiger partial charge in [-0.3, -0.25) is 0 Å². The van der Waals surface area contributed by atoms with E-state index in [9.17, 15) is 0 Å². The first kappa shape index (κ1) is 14.4. The summed E-state index contributed by atoms with van der Waals surface area (Å²) in [7, 11) is 2.13. The van der Waals surface area contributed by atoms with Crippen molar-refractivity contribution in [2.75, 3.05) is 20.1 Å². The van der Waals surface area contributed by atoms with Crippen molar-refractivity contribution in [3.8, 4) is 0 Å². The summed E-state index contributed by atoms with van der Waals surface area (Å²) in [4.78, 5) is 2.31. The molecule has 0 bridgehead atoms. The highest BCUT2D eigenvalue weighted by molar-refractivity contribution is 4.67. The minimum absolute atomic E-state index is 0.593. The van der Waals surface area contributed by atoms with Crippen LogP contribution in [0, 0.1) is 0 Å². The molecule has 0 radical (unpaired) electrons. The lowest BCUT2D eigenvalue weighted by Gasteiger charge is -2.24. The average Bonchev–Trinajstić information content (AvgIpc) is 2.16. The van der Waals surface area contributed by atoms with Gasteiger partial charge in [-0.15, -0.1) is 0 Å². The van der Waals surface area contributed by atoms with Crippen molar-refractivity contribution >= 4 is 0 Å². The third-order valence-electron chi connectivity index (χ3n) is 2.02. The van der Waals surface area contributed by atoms with Crippen molar-refractivity contribution in [2.24, 2.45) is 5.73 Å². The van der Waals surface area contributed by atoms with E-state index in [4.69, 9.17) is 5.73 Å². The first-order valence-electron chi connectivity index (χ1n) is 5.16. The second kappa shape index (κ2) is 10.9. The Kier molecular flexibility index (Phi) is 13.1. The van der Waals surface area contributed by atoms with Gasteiger partial charge in [0.1, 0.15) is 0 Å². The number of nitrogens with two attached hydrogens (primary N) is 1. The Bertz CT molecular complexity index is 74.2. The molecule has 0 saturated heterocycles. The highest BCUT2D eigenvalue weighted by Crippen LogP contribution is 2.01. The largest absolute Gasteiger partial charge is 0.329 e.